The number of hydrogen-bond donors (Lipinski definition) is 2. The molecule has 0 spiro atoms. The van der Waals surface area contributed by atoms with Gasteiger partial charge >= 0.3 is 0 Å². The lowest BCUT2D eigenvalue weighted by molar-refractivity contribution is 0.0421. The molecular weight excluding hydrogens is 272 g/mol. The molecule has 2 heterocycles. The minimum atomic E-state index is -0.146. The summed E-state index contributed by atoms with van der Waals surface area (Å²) in [5, 5.41) is 3.05. The highest BCUT2D eigenvalue weighted by molar-refractivity contribution is 9.10. The van der Waals surface area contributed by atoms with E-state index in [1.54, 1.807) is 12.3 Å². The van der Waals surface area contributed by atoms with Gasteiger partial charge in [-0.25, -0.2) is 0 Å². The van der Waals surface area contributed by atoms with Crippen molar-refractivity contribution in [1.29, 1.82) is 0 Å². The Labute approximate surface area is 103 Å². The molecule has 0 radical (unpaired) electrons. The van der Waals surface area contributed by atoms with Gasteiger partial charge in [-0.1, -0.05) is 0 Å². The van der Waals surface area contributed by atoms with E-state index in [0.717, 1.165) is 17.3 Å². The third-order valence-electron chi connectivity index (χ3n) is 2.90. The van der Waals surface area contributed by atoms with Gasteiger partial charge in [0, 0.05) is 29.4 Å². The van der Waals surface area contributed by atoms with Gasteiger partial charge in [0.25, 0.3) is 5.91 Å². The lowest BCUT2D eigenvalue weighted by Gasteiger charge is -2.34. The minimum Gasteiger partial charge on any atom is -0.381 e. The van der Waals surface area contributed by atoms with Gasteiger partial charge < -0.3 is 15.0 Å². The maximum atomic E-state index is 11.9. The van der Waals surface area contributed by atoms with Crippen molar-refractivity contribution in [3.05, 3.63) is 22.4 Å². The van der Waals surface area contributed by atoms with Gasteiger partial charge in [-0.2, -0.15) is 0 Å². The SMILES string of the molecule is CC1(NC(=O)c2cc(Br)c[nH]2)CCOCC1. The second-order valence-electron chi connectivity index (χ2n) is 4.36. The summed E-state index contributed by atoms with van der Waals surface area (Å²) in [5.41, 5.74) is 0.437. The molecule has 1 aliphatic rings. The summed E-state index contributed by atoms with van der Waals surface area (Å²) in [4.78, 5) is 14.8. The number of carbonyl (C=O) groups is 1. The summed E-state index contributed by atoms with van der Waals surface area (Å²) in [5.74, 6) is -0.0601. The predicted octanol–water partition coefficient (Wildman–Crippen LogP) is 2.08. The number of nitrogens with one attached hydrogen (secondary N) is 2. The van der Waals surface area contributed by atoms with E-state index in [2.05, 4.69) is 33.2 Å². The number of amides is 1. The van der Waals surface area contributed by atoms with E-state index >= 15 is 0 Å². The summed E-state index contributed by atoms with van der Waals surface area (Å²) in [7, 11) is 0. The molecule has 4 nitrogen and oxygen atoms in total. The van der Waals surface area contributed by atoms with Gasteiger partial charge in [0.2, 0.25) is 0 Å². The fourth-order valence-electron chi connectivity index (χ4n) is 1.79. The van der Waals surface area contributed by atoms with Crippen LogP contribution in [0.1, 0.15) is 30.3 Å². The third-order valence-corrected chi connectivity index (χ3v) is 3.36. The number of rotatable bonds is 2. The largest absolute Gasteiger partial charge is 0.381 e. The standard InChI is InChI=1S/C11H15BrN2O2/c1-11(2-4-16-5-3-11)14-10(15)9-6-8(12)7-13-9/h6-7,13H,2-5H2,1H3,(H,14,15). The summed E-state index contributed by atoms with van der Waals surface area (Å²) in [6.07, 6.45) is 3.47. The van der Waals surface area contributed by atoms with E-state index in [1.165, 1.54) is 0 Å². The van der Waals surface area contributed by atoms with Gasteiger partial charge in [0.05, 0.1) is 0 Å². The Kier molecular flexibility index (Phi) is 3.35. The topological polar surface area (TPSA) is 54.1 Å². The molecule has 0 unspecified atom stereocenters. The number of halogens is 1. The number of hydrogen-bond acceptors (Lipinski definition) is 2. The van der Waals surface area contributed by atoms with Crippen molar-refractivity contribution in [2.75, 3.05) is 13.2 Å². The molecule has 16 heavy (non-hydrogen) atoms. The van der Waals surface area contributed by atoms with E-state index < -0.39 is 0 Å². The number of carbonyl (C=O) groups excluding carboxylic acids is 1. The molecule has 0 aromatic carbocycles. The van der Waals surface area contributed by atoms with Crippen LogP contribution in [0.25, 0.3) is 0 Å². The van der Waals surface area contributed by atoms with Gasteiger partial charge in [-0.3, -0.25) is 4.79 Å². The molecule has 2 N–H and O–H groups in total. The average Bonchev–Trinajstić information content (AvgIpc) is 2.65. The van der Waals surface area contributed by atoms with E-state index in [1.807, 2.05) is 0 Å². The first kappa shape index (κ1) is 11.7. The number of aromatic amines is 1. The maximum absolute atomic E-state index is 11.9. The first-order valence-corrected chi connectivity index (χ1v) is 6.13. The van der Waals surface area contributed by atoms with E-state index in [9.17, 15) is 4.79 Å². The van der Waals surface area contributed by atoms with Crippen molar-refractivity contribution in [2.24, 2.45) is 0 Å². The van der Waals surface area contributed by atoms with Crippen LogP contribution in [0, 0.1) is 0 Å². The van der Waals surface area contributed by atoms with Crippen molar-refractivity contribution in [3.8, 4) is 0 Å². The van der Waals surface area contributed by atoms with E-state index in [4.69, 9.17) is 4.74 Å². The van der Waals surface area contributed by atoms with Gasteiger partial charge in [0.15, 0.2) is 0 Å². The highest BCUT2D eigenvalue weighted by Crippen LogP contribution is 2.20. The molecular formula is C11H15BrN2O2. The van der Waals surface area contributed by atoms with Crippen LogP contribution in [0.4, 0.5) is 0 Å². The van der Waals surface area contributed by atoms with Crippen LogP contribution in [0.3, 0.4) is 0 Å². The van der Waals surface area contributed by atoms with Crippen LogP contribution in [0.15, 0.2) is 16.7 Å². The van der Waals surface area contributed by atoms with Crippen LogP contribution in [-0.4, -0.2) is 29.6 Å². The summed E-state index contributed by atoms with van der Waals surface area (Å²) >= 11 is 3.31. The first-order valence-electron chi connectivity index (χ1n) is 5.33. The molecule has 0 aliphatic carbocycles. The monoisotopic (exact) mass is 286 g/mol. The first-order chi connectivity index (χ1) is 7.59. The zero-order valence-corrected chi connectivity index (χ0v) is 10.8. The molecule has 1 saturated heterocycles. The lowest BCUT2D eigenvalue weighted by Crippen LogP contribution is -2.49. The van der Waals surface area contributed by atoms with Crippen molar-refractivity contribution in [2.45, 2.75) is 25.3 Å². The molecule has 0 bridgehead atoms. The van der Waals surface area contributed by atoms with Crippen LogP contribution >= 0.6 is 15.9 Å². The van der Waals surface area contributed by atoms with Crippen molar-refractivity contribution in [1.82, 2.24) is 10.3 Å². The zero-order valence-electron chi connectivity index (χ0n) is 9.18. The van der Waals surface area contributed by atoms with Crippen LogP contribution in [0.5, 0.6) is 0 Å². The number of H-pyrrole nitrogens is 1. The maximum Gasteiger partial charge on any atom is 0.268 e. The molecule has 1 amide bonds. The van der Waals surface area contributed by atoms with Crippen LogP contribution in [0.2, 0.25) is 0 Å². The fourth-order valence-corrected chi connectivity index (χ4v) is 2.13. The normalized spacial score (nSPS) is 19.4. The number of ether oxygens (including phenoxy) is 1. The summed E-state index contributed by atoms with van der Waals surface area (Å²) in [6, 6.07) is 1.78. The minimum absolute atomic E-state index is 0.0601. The van der Waals surface area contributed by atoms with Crippen molar-refractivity contribution >= 4 is 21.8 Å². The quantitative estimate of drug-likeness (QED) is 0.875. The average molecular weight is 287 g/mol. The van der Waals surface area contributed by atoms with Gasteiger partial charge in [-0.05, 0) is 41.8 Å². The van der Waals surface area contributed by atoms with E-state index in [-0.39, 0.29) is 11.4 Å². The second-order valence-corrected chi connectivity index (χ2v) is 5.27. The van der Waals surface area contributed by atoms with Crippen LogP contribution < -0.4 is 5.32 Å². The Morgan fingerprint density at radius 3 is 2.81 bits per heavy atom. The molecule has 0 saturated carbocycles. The van der Waals surface area contributed by atoms with Crippen LogP contribution in [-0.2, 0) is 4.74 Å². The van der Waals surface area contributed by atoms with Crippen molar-refractivity contribution < 1.29 is 9.53 Å². The third kappa shape index (κ3) is 2.65. The Balaban J connectivity index is 2.01. The predicted molar refractivity (Wildman–Crippen MR) is 64.4 cm³/mol. The summed E-state index contributed by atoms with van der Waals surface area (Å²) < 4.78 is 6.17. The fraction of sp³-hybridized carbons (Fsp3) is 0.545. The van der Waals surface area contributed by atoms with Gasteiger partial charge in [0.1, 0.15) is 5.69 Å². The molecule has 0 atom stereocenters. The number of aromatic nitrogens is 1. The Bertz CT molecular complexity index is 383. The molecule has 1 fully saturated rings. The lowest BCUT2D eigenvalue weighted by atomic mass is 9.92. The Morgan fingerprint density at radius 2 is 2.25 bits per heavy atom. The Hall–Kier alpha value is -0.810. The highest BCUT2D eigenvalue weighted by atomic mass is 79.9. The molecule has 1 aliphatic heterocycles. The second kappa shape index (κ2) is 4.59. The zero-order chi connectivity index (χ0) is 11.6. The molecule has 5 heteroatoms. The molecule has 2 rings (SSSR count). The van der Waals surface area contributed by atoms with Gasteiger partial charge in [-0.15, -0.1) is 0 Å². The van der Waals surface area contributed by atoms with E-state index in [0.29, 0.717) is 18.9 Å². The Morgan fingerprint density at radius 1 is 1.56 bits per heavy atom. The molecule has 1 aromatic heterocycles. The molecule has 88 valence electrons. The summed E-state index contributed by atoms with van der Waals surface area (Å²) in [6.45, 7) is 3.49. The van der Waals surface area contributed by atoms with Crippen molar-refractivity contribution in [3.63, 3.8) is 0 Å². The highest BCUT2D eigenvalue weighted by Gasteiger charge is 2.29. The smallest absolute Gasteiger partial charge is 0.268 e. The molecule has 1 aromatic rings.